The highest BCUT2D eigenvalue weighted by molar-refractivity contribution is 7.91. The molecule has 1 N–H and O–H groups in total. The van der Waals surface area contributed by atoms with Crippen LogP contribution < -0.4 is 5.32 Å². The molecule has 0 aliphatic carbocycles. The van der Waals surface area contributed by atoms with Gasteiger partial charge in [0.25, 0.3) is 15.9 Å². The van der Waals surface area contributed by atoms with E-state index >= 15 is 0 Å². The van der Waals surface area contributed by atoms with Crippen molar-refractivity contribution >= 4 is 33.3 Å². The van der Waals surface area contributed by atoms with E-state index in [0.717, 1.165) is 11.1 Å². The molecule has 3 amide bonds. The number of amides is 3. The Balaban J connectivity index is 1.42. The quantitative estimate of drug-likeness (QED) is 0.651. The molecule has 0 saturated carbocycles. The number of carbonyl (C=O) groups excluding carboxylic acids is 2. The van der Waals surface area contributed by atoms with E-state index in [1.807, 2.05) is 29.2 Å². The van der Waals surface area contributed by atoms with Gasteiger partial charge in [0.1, 0.15) is 9.75 Å². The van der Waals surface area contributed by atoms with Gasteiger partial charge in [-0.15, -0.1) is 11.3 Å². The van der Waals surface area contributed by atoms with Crippen LogP contribution in [0.2, 0.25) is 0 Å². The van der Waals surface area contributed by atoms with Gasteiger partial charge in [0.2, 0.25) is 0 Å². The Labute approximate surface area is 199 Å². The van der Waals surface area contributed by atoms with Crippen molar-refractivity contribution in [2.45, 2.75) is 42.9 Å². The highest BCUT2D eigenvalue weighted by Crippen LogP contribution is 2.31. The minimum atomic E-state index is -3.49. The molecule has 178 valence electrons. The van der Waals surface area contributed by atoms with E-state index in [0.29, 0.717) is 30.4 Å². The maximum Gasteiger partial charge on any atom is 0.326 e. The summed E-state index contributed by atoms with van der Waals surface area (Å²) in [6.07, 6.45) is 0. The first-order valence-electron chi connectivity index (χ1n) is 10.9. The van der Waals surface area contributed by atoms with Gasteiger partial charge in [0.05, 0.1) is 6.67 Å². The van der Waals surface area contributed by atoms with Gasteiger partial charge in [0, 0.05) is 26.2 Å². The average molecular weight is 491 g/mol. The summed E-state index contributed by atoms with van der Waals surface area (Å²) in [5, 5.41) is 4.60. The standard InChI is InChI=1S/C23H30N4O4S2/c1-22(2,3)17-7-9-18(10-8-17)23(4)20(28)27(21(29)24-23)16-25-11-13-26(14-12-25)33(30,31)19-6-5-15-32-19/h5-10,15H,11-14,16H2,1-4H3,(H,24,29)/t23-/m0/s1. The first-order chi connectivity index (χ1) is 15.4. The Morgan fingerprint density at radius 1 is 1.03 bits per heavy atom. The molecule has 2 aliphatic rings. The molecule has 3 heterocycles. The third-order valence-corrected chi connectivity index (χ3v) is 9.64. The number of hydrogen-bond acceptors (Lipinski definition) is 6. The maximum absolute atomic E-state index is 13.3. The van der Waals surface area contributed by atoms with E-state index in [4.69, 9.17) is 0 Å². The predicted molar refractivity (Wildman–Crippen MR) is 127 cm³/mol. The molecule has 2 fully saturated rings. The molecule has 0 spiro atoms. The van der Waals surface area contributed by atoms with E-state index in [9.17, 15) is 18.0 Å². The average Bonchev–Trinajstić information content (AvgIpc) is 3.38. The van der Waals surface area contributed by atoms with Crippen molar-refractivity contribution in [1.29, 1.82) is 0 Å². The number of hydrogen-bond donors (Lipinski definition) is 1. The van der Waals surface area contributed by atoms with Crippen molar-refractivity contribution in [3.8, 4) is 0 Å². The number of benzene rings is 1. The Morgan fingerprint density at radius 3 is 2.21 bits per heavy atom. The summed E-state index contributed by atoms with van der Waals surface area (Å²) < 4.78 is 27.2. The zero-order valence-electron chi connectivity index (χ0n) is 19.4. The molecule has 1 aromatic heterocycles. The summed E-state index contributed by atoms with van der Waals surface area (Å²) in [5.74, 6) is -0.301. The van der Waals surface area contributed by atoms with Crippen molar-refractivity contribution in [2.24, 2.45) is 0 Å². The zero-order chi connectivity index (χ0) is 24.0. The molecule has 8 nitrogen and oxygen atoms in total. The van der Waals surface area contributed by atoms with Gasteiger partial charge < -0.3 is 5.32 Å². The summed E-state index contributed by atoms with van der Waals surface area (Å²) in [4.78, 5) is 29.2. The first-order valence-corrected chi connectivity index (χ1v) is 13.3. The molecule has 1 aromatic carbocycles. The smallest absolute Gasteiger partial charge is 0.319 e. The van der Waals surface area contributed by atoms with E-state index in [1.54, 1.807) is 24.4 Å². The van der Waals surface area contributed by atoms with Crippen molar-refractivity contribution in [1.82, 2.24) is 19.4 Å². The second kappa shape index (κ2) is 8.50. The molecular formula is C23H30N4O4S2. The van der Waals surface area contributed by atoms with Crippen LogP contribution in [0, 0.1) is 0 Å². The lowest BCUT2D eigenvalue weighted by atomic mass is 9.84. The van der Waals surface area contributed by atoms with Crippen molar-refractivity contribution in [2.75, 3.05) is 32.8 Å². The Hall–Kier alpha value is -2.27. The molecular weight excluding hydrogens is 460 g/mol. The van der Waals surface area contributed by atoms with Gasteiger partial charge in [-0.3, -0.25) is 9.69 Å². The van der Waals surface area contributed by atoms with Crippen LogP contribution in [0.3, 0.4) is 0 Å². The van der Waals surface area contributed by atoms with Crippen molar-refractivity contribution in [3.63, 3.8) is 0 Å². The van der Waals surface area contributed by atoms with E-state index < -0.39 is 21.6 Å². The van der Waals surface area contributed by atoms with Crippen LogP contribution in [0.25, 0.3) is 0 Å². The number of nitrogens with zero attached hydrogens (tertiary/aromatic N) is 3. The van der Waals surface area contributed by atoms with Crippen LogP contribution in [-0.4, -0.2) is 67.3 Å². The molecule has 2 aliphatic heterocycles. The summed E-state index contributed by atoms with van der Waals surface area (Å²) >= 11 is 1.20. The van der Waals surface area contributed by atoms with Gasteiger partial charge in [0.15, 0.2) is 0 Å². The highest BCUT2D eigenvalue weighted by Gasteiger charge is 2.49. The van der Waals surface area contributed by atoms with Gasteiger partial charge >= 0.3 is 6.03 Å². The number of sulfonamides is 1. The molecule has 10 heteroatoms. The summed E-state index contributed by atoms with van der Waals surface area (Å²) in [6, 6.07) is 10.7. The first kappa shape index (κ1) is 23.9. The SMILES string of the molecule is CC(C)(C)c1ccc([C@]2(C)NC(=O)N(CN3CCN(S(=O)(=O)c4cccs4)CC3)C2=O)cc1. The fourth-order valence-corrected chi connectivity index (χ4v) is 6.74. The number of urea groups is 1. The van der Waals surface area contributed by atoms with Gasteiger partial charge in [-0.25, -0.2) is 18.1 Å². The number of piperazine rings is 1. The summed E-state index contributed by atoms with van der Waals surface area (Å²) in [7, 11) is -3.49. The fraction of sp³-hybridized carbons (Fsp3) is 0.478. The van der Waals surface area contributed by atoms with Gasteiger partial charge in [-0.1, -0.05) is 51.1 Å². The molecule has 2 saturated heterocycles. The van der Waals surface area contributed by atoms with Crippen LogP contribution in [0.15, 0.2) is 46.0 Å². The monoisotopic (exact) mass is 490 g/mol. The summed E-state index contributed by atoms with van der Waals surface area (Å²) in [6.45, 7) is 9.75. The molecule has 1 atom stereocenters. The lowest BCUT2D eigenvalue weighted by Gasteiger charge is -2.35. The number of thiophene rings is 1. The molecule has 4 rings (SSSR count). The van der Waals surface area contributed by atoms with Crippen LogP contribution in [-0.2, 0) is 25.8 Å². The molecule has 33 heavy (non-hydrogen) atoms. The molecule has 0 unspecified atom stereocenters. The normalized spacial score (nSPS) is 23.2. The fourth-order valence-electron chi connectivity index (χ4n) is 4.17. The largest absolute Gasteiger partial charge is 0.326 e. The third-order valence-electron chi connectivity index (χ3n) is 6.37. The van der Waals surface area contributed by atoms with Gasteiger partial charge in [-0.2, -0.15) is 4.31 Å². The minimum Gasteiger partial charge on any atom is -0.319 e. The van der Waals surface area contributed by atoms with Crippen LogP contribution in [0.4, 0.5) is 4.79 Å². The Morgan fingerprint density at radius 2 is 1.67 bits per heavy atom. The van der Waals surface area contributed by atoms with Crippen molar-refractivity contribution in [3.05, 3.63) is 52.9 Å². The second-order valence-electron chi connectivity index (χ2n) is 9.71. The Bertz CT molecular complexity index is 1130. The second-order valence-corrected chi connectivity index (χ2v) is 12.8. The number of carbonyl (C=O) groups is 2. The van der Waals surface area contributed by atoms with Gasteiger partial charge in [-0.05, 0) is 34.9 Å². The molecule has 2 aromatic rings. The third kappa shape index (κ3) is 4.44. The molecule has 0 radical (unpaired) electrons. The number of rotatable bonds is 5. The minimum absolute atomic E-state index is 0.00642. The van der Waals surface area contributed by atoms with Crippen LogP contribution in [0.1, 0.15) is 38.8 Å². The number of imide groups is 1. The van der Waals surface area contributed by atoms with E-state index in [-0.39, 0.29) is 18.0 Å². The number of nitrogens with one attached hydrogen (secondary N) is 1. The topological polar surface area (TPSA) is 90.0 Å². The maximum atomic E-state index is 13.3. The van der Waals surface area contributed by atoms with Crippen molar-refractivity contribution < 1.29 is 18.0 Å². The lowest BCUT2D eigenvalue weighted by Crippen LogP contribution is -2.52. The molecule has 0 bridgehead atoms. The van der Waals surface area contributed by atoms with Crippen LogP contribution >= 0.6 is 11.3 Å². The summed E-state index contributed by atoms with van der Waals surface area (Å²) in [5.41, 5.74) is 0.757. The Kier molecular flexibility index (Phi) is 6.15. The predicted octanol–water partition coefficient (Wildman–Crippen LogP) is 2.78. The lowest BCUT2D eigenvalue weighted by molar-refractivity contribution is -0.132. The van der Waals surface area contributed by atoms with E-state index in [1.165, 1.54) is 20.5 Å². The van der Waals surface area contributed by atoms with E-state index in [2.05, 4.69) is 26.1 Å². The zero-order valence-corrected chi connectivity index (χ0v) is 21.0. The van der Waals surface area contributed by atoms with Crippen LogP contribution in [0.5, 0.6) is 0 Å². The highest BCUT2D eigenvalue weighted by atomic mass is 32.2.